The number of carbonyl (C=O) groups is 1. The first-order chi connectivity index (χ1) is 16.3. The normalized spacial score (nSPS) is 12.6. The van der Waals surface area contributed by atoms with E-state index < -0.39 is 6.16 Å². The lowest BCUT2D eigenvalue weighted by Gasteiger charge is -2.32. The maximum Gasteiger partial charge on any atom is 0.535 e. The molecule has 0 bridgehead atoms. The Balaban J connectivity index is 1.74. The molecule has 0 aliphatic carbocycles. The van der Waals surface area contributed by atoms with Gasteiger partial charge >= 0.3 is 6.16 Å². The summed E-state index contributed by atoms with van der Waals surface area (Å²) in [5.41, 5.74) is 9.76. The zero-order chi connectivity index (χ0) is 24.6. The predicted octanol–water partition coefficient (Wildman–Crippen LogP) is 5.63. The van der Waals surface area contributed by atoms with Crippen LogP contribution in [0.3, 0.4) is 0 Å². The molecule has 2 N–H and O–H groups in total. The molecule has 1 aromatic heterocycles. The van der Waals surface area contributed by atoms with Gasteiger partial charge in [-0.15, -0.1) is 0 Å². The molecule has 2 aromatic carbocycles. The monoisotopic (exact) mass is 461 g/mol. The van der Waals surface area contributed by atoms with E-state index in [4.69, 9.17) is 10.5 Å². The summed E-state index contributed by atoms with van der Waals surface area (Å²) < 4.78 is 10.6. The Kier molecular flexibility index (Phi) is 8.24. The van der Waals surface area contributed by atoms with Crippen LogP contribution in [-0.2, 0) is 16.2 Å². The van der Waals surface area contributed by atoms with Crippen LogP contribution in [0, 0.1) is 5.41 Å². The molecule has 7 nitrogen and oxygen atoms in total. The van der Waals surface area contributed by atoms with E-state index in [-0.39, 0.29) is 23.8 Å². The van der Waals surface area contributed by atoms with Gasteiger partial charge in [0.25, 0.3) is 0 Å². The van der Waals surface area contributed by atoms with Crippen molar-refractivity contribution in [2.75, 3.05) is 6.61 Å². The lowest BCUT2D eigenvalue weighted by Crippen LogP contribution is -2.20. The molecular weight excluding hydrogens is 430 g/mol. The van der Waals surface area contributed by atoms with E-state index >= 15 is 0 Å². The smallest absolute Gasteiger partial charge is 0.487 e. The van der Waals surface area contributed by atoms with E-state index in [1.54, 1.807) is 13.1 Å². The number of aromatic nitrogens is 1. The highest BCUT2D eigenvalue weighted by Gasteiger charge is 2.28. The van der Waals surface area contributed by atoms with Crippen molar-refractivity contribution in [3.05, 3.63) is 95.3 Å². The summed E-state index contributed by atoms with van der Waals surface area (Å²) in [6.45, 7) is 8.93. The molecule has 0 aliphatic rings. The fourth-order valence-corrected chi connectivity index (χ4v) is 3.72. The molecule has 0 radical (unpaired) electrons. The van der Waals surface area contributed by atoms with E-state index in [9.17, 15) is 4.79 Å². The summed E-state index contributed by atoms with van der Waals surface area (Å²) in [7, 11) is 0. The maximum absolute atomic E-state index is 11.3. The van der Waals surface area contributed by atoms with Crippen molar-refractivity contribution in [1.29, 1.82) is 0 Å². The molecule has 0 spiro atoms. The molecule has 7 heteroatoms. The van der Waals surface area contributed by atoms with Crippen LogP contribution in [0.4, 0.5) is 4.79 Å². The maximum atomic E-state index is 11.3. The number of hydrogen-bond acceptors (Lipinski definition) is 6. The topological polar surface area (TPSA) is 96.0 Å². The van der Waals surface area contributed by atoms with Crippen molar-refractivity contribution in [2.45, 2.75) is 40.2 Å². The fourth-order valence-electron chi connectivity index (χ4n) is 3.72. The van der Waals surface area contributed by atoms with Crippen LogP contribution in [-0.4, -0.2) is 23.6 Å². The fraction of sp³-hybridized carbons (Fsp3) is 0.296. The molecule has 1 heterocycles. The van der Waals surface area contributed by atoms with Crippen molar-refractivity contribution in [1.82, 2.24) is 4.98 Å². The number of nitrogens with two attached hydrogens (primary N) is 1. The summed E-state index contributed by atoms with van der Waals surface area (Å²) in [4.78, 5) is 20.2. The van der Waals surface area contributed by atoms with Crippen molar-refractivity contribution >= 4 is 12.0 Å². The van der Waals surface area contributed by atoms with Gasteiger partial charge in [0.15, 0.2) is 5.84 Å². The van der Waals surface area contributed by atoms with Gasteiger partial charge in [0.1, 0.15) is 12.4 Å². The van der Waals surface area contributed by atoms with Crippen molar-refractivity contribution in [2.24, 2.45) is 16.3 Å². The number of hydrogen-bond donors (Lipinski definition) is 1. The molecule has 178 valence electrons. The van der Waals surface area contributed by atoms with E-state index in [1.807, 2.05) is 54.6 Å². The highest BCUT2D eigenvalue weighted by Crippen LogP contribution is 2.41. The Hall–Kier alpha value is -3.87. The third kappa shape index (κ3) is 6.81. The van der Waals surface area contributed by atoms with Gasteiger partial charge in [-0.3, -0.25) is 9.82 Å². The van der Waals surface area contributed by atoms with Crippen LogP contribution >= 0.6 is 0 Å². The Morgan fingerprint density at radius 3 is 2.21 bits per heavy atom. The predicted molar refractivity (Wildman–Crippen MR) is 132 cm³/mol. The van der Waals surface area contributed by atoms with Crippen LogP contribution in [0.15, 0.2) is 78.1 Å². The van der Waals surface area contributed by atoms with Crippen LogP contribution in [0.2, 0.25) is 0 Å². The van der Waals surface area contributed by atoms with Gasteiger partial charge in [0.2, 0.25) is 0 Å². The average Bonchev–Trinajstić information content (AvgIpc) is 2.82. The number of oxime groups is 1. The SMILES string of the molecule is CCOC(=O)O/N=C(/N)c1ccc(C(c2ccc(OCc3ccccn3)cc2)C(C)(C)C)cc1. The van der Waals surface area contributed by atoms with Gasteiger partial charge in [0.05, 0.1) is 12.3 Å². The first-order valence-corrected chi connectivity index (χ1v) is 11.2. The van der Waals surface area contributed by atoms with Crippen LogP contribution in [0.25, 0.3) is 0 Å². The molecule has 3 rings (SSSR count). The second-order valence-electron chi connectivity index (χ2n) is 8.85. The largest absolute Gasteiger partial charge is 0.535 e. The minimum atomic E-state index is -0.887. The van der Waals surface area contributed by atoms with Gasteiger partial charge < -0.3 is 15.2 Å². The second-order valence-corrected chi connectivity index (χ2v) is 8.85. The van der Waals surface area contributed by atoms with Crippen molar-refractivity contribution in [3.63, 3.8) is 0 Å². The number of benzene rings is 2. The minimum Gasteiger partial charge on any atom is -0.487 e. The molecule has 0 amide bonds. The van der Waals surface area contributed by atoms with E-state index in [2.05, 4.69) is 52.6 Å². The average molecular weight is 462 g/mol. The third-order valence-electron chi connectivity index (χ3n) is 5.21. The molecule has 0 aliphatic heterocycles. The number of rotatable bonds is 8. The molecule has 1 atom stereocenters. The first-order valence-electron chi connectivity index (χ1n) is 11.2. The number of pyridine rings is 1. The zero-order valence-electron chi connectivity index (χ0n) is 20.0. The molecule has 0 saturated heterocycles. The molecule has 0 fully saturated rings. The summed E-state index contributed by atoms with van der Waals surface area (Å²) in [5.74, 6) is 1.03. The lowest BCUT2D eigenvalue weighted by molar-refractivity contribution is 0.0613. The number of amidine groups is 1. The van der Waals surface area contributed by atoms with Gasteiger partial charge in [-0.1, -0.05) is 68.4 Å². The standard InChI is InChI=1S/C27H31N3O4/c1-5-32-26(31)34-30-25(28)21-11-9-19(10-12-21)24(27(2,3)4)20-13-15-23(16-14-20)33-18-22-8-6-7-17-29-22/h6-17,24H,5,18H2,1-4H3,(H2,28,30). The summed E-state index contributed by atoms with van der Waals surface area (Å²) in [5, 5.41) is 3.64. The number of nitrogens with zero attached hydrogens (tertiary/aromatic N) is 2. The Morgan fingerprint density at radius 1 is 1.00 bits per heavy atom. The highest BCUT2D eigenvalue weighted by molar-refractivity contribution is 5.97. The molecule has 3 aromatic rings. The molecule has 34 heavy (non-hydrogen) atoms. The van der Waals surface area contributed by atoms with Crippen molar-refractivity contribution in [3.8, 4) is 5.75 Å². The molecule has 1 unspecified atom stereocenters. The van der Waals surface area contributed by atoms with Gasteiger partial charge in [0, 0.05) is 17.7 Å². The van der Waals surface area contributed by atoms with Crippen LogP contribution in [0.1, 0.15) is 56.0 Å². The Bertz CT molecular complexity index is 1090. The number of carbonyl (C=O) groups excluding carboxylic acids is 1. The van der Waals surface area contributed by atoms with E-state index in [0.29, 0.717) is 12.2 Å². The first kappa shape index (κ1) is 24.8. The molecular formula is C27H31N3O4. The van der Waals surface area contributed by atoms with E-state index in [0.717, 1.165) is 17.0 Å². The van der Waals surface area contributed by atoms with Gasteiger partial charge in [-0.25, -0.2) is 4.79 Å². The van der Waals surface area contributed by atoms with Crippen molar-refractivity contribution < 1.29 is 19.1 Å². The second kappa shape index (κ2) is 11.3. The summed E-state index contributed by atoms with van der Waals surface area (Å²) in [6, 6.07) is 21.7. The van der Waals surface area contributed by atoms with E-state index in [1.165, 1.54) is 5.56 Å². The lowest BCUT2D eigenvalue weighted by atomic mass is 9.72. The Morgan fingerprint density at radius 2 is 1.65 bits per heavy atom. The summed E-state index contributed by atoms with van der Waals surface area (Å²) in [6.07, 6.45) is 0.871. The van der Waals surface area contributed by atoms with Crippen LogP contribution < -0.4 is 10.5 Å². The quantitative estimate of drug-likeness (QED) is 0.153. The zero-order valence-corrected chi connectivity index (χ0v) is 20.0. The van der Waals surface area contributed by atoms with Gasteiger partial charge in [-0.05, 0) is 47.7 Å². The van der Waals surface area contributed by atoms with Gasteiger partial charge in [-0.2, -0.15) is 0 Å². The minimum absolute atomic E-state index is 0.0372. The summed E-state index contributed by atoms with van der Waals surface area (Å²) >= 11 is 0. The van der Waals surface area contributed by atoms with Crippen LogP contribution in [0.5, 0.6) is 5.75 Å². The highest BCUT2D eigenvalue weighted by atomic mass is 16.8. The number of ether oxygens (including phenoxy) is 2. The third-order valence-corrected chi connectivity index (χ3v) is 5.21. The molecule has 0 saturated carbocycles. The Labute approximate surface area is 200 Å².